The average Bonchev–Trinajstić information content (AvgIpc) is 2.66. The van der Waals surface area contributed by atoms with Gasteiger partial charge in [-0.05, 0) is 5.75 Å². The van der Waals surface area contributed by atoms with Gasteiger partial charge in [-0.25, -0.2) is 8.78 Å². The number of alkyl halides is 20. The zero-order valence-electron chi connectivity index (χ0n) is 16.4. The fourth-order valence-electron chi connectivity index (χ4n) is 2.07. The molecule has 0 radical (unpaired) electrons. The van der Waals surface area contributed by atoms with E-state index in [2.05, 4.69) is 0 Å². The highest BCUT2D eigenvalue weighted by Crippen LogP contribution is 2.65. The molecule has 1 nitrogen and oxygen atoms in total. The van der Waals surface area contributed by atoms with Crippen molar-refractivity contribution >= 4 is 16.9 Å². The lowest BCUT2D eigenvalue weighted by Crippen LogP contribution is -2.76. The lowest BCUT2D eigenvalue weighted by molar-refractivity contribution is -0.465. The summed E-state index contributed by atoms with van der Waals surface area (Å²) in [5, 5.41) is -2.20. The highest BCUT2D eigenvalue weighted by atomic mass is 32.2. The van der Waals surface area contributed by atoms with Gasteiger partial charge < -0.3 is 0 Å². The average molecular weight is 604 g/mol. The minimum Gasteiger partial charge on any atom is -0.287 e. The Kier molecular flexibility index (Phi) is 9.06. The van der Waals surface area contributed by atoms with Crippen molar-refractivity contribution in [3.63, 3.8) is 0 Å². The Morgan fingerprint density at radius 1 is 0.556 bits per heavy atom. The summed E-state index contributed by atoms with van der Waals surface area (Å²) in [6.45, 7) is 0.956. The molecule has 0 aromatic carbocycles. The first-order valence-electron chi connectivity index (χ1n) is 8.24. The highest BCUT2D eigenvalue weighted by molar-refractivity contribution is 8.13. The van der Waals surface area contributed by atoms with Gasteiger partial charge in [0.15, 0.2) is 5.12 Å². The predicted molar refractivity (Wildman–Crippen MR) is 78.3 cm³/mol. The molecule has 0 heterocycles. The van der Waals surface area contributed by atoms with E-state index in [1.165, 1.54) is 0 Å². The lowest BCUT2D eigenvalue weighted by atomic mass is 9.86. The summed E-state index contributed by atoms with van der Waals surface area (Å²) in [7, 11) is 0. The molecule has 0 bridgehead atoms. The van der Waals surface area contributed by atoms with E-state index in [4.69, 9.17) is 0 Å². The molecule has 0 fully saturated rings. The number of hydrogen-bond acceptors (Lipinski definition) is 2. The molecule has 22 heteroatoms. The molecule has 0 unspecified atom stereocenters. The van der Waals surface area contributed by atoms with Gasteiger partial charge in [-0.15, -0.1) is 0 Å². The van der Waals surface area contributed by atoms with Crippen LogP contribution in [0.4, 0.5) is 87.8 Å². The number of hydrogen-bond donors (Lipinski definition) is 0. The molecule has 0 saturated carbocycles. The second-order valence-corrected chi connectivity index (χ2v) is 7.95. The summed E-state index contributed by atoms with van der Waals surface area (Å²) < 4.78 is 264. The SMILES string of the molecule is CCSC(=O)CC(F)(F)C(F)(F)C(F)(F)C(F)(F)C(F)(F)C(F)(F)C(F)(F)C(F)(F)C(F)(F)C(F)F. The van der Waals surface area contributed by atoms with Crippen molar-refractivity contribution in [2.45, 2.75) is 73.1 Å². The standard InChI is InChI=1S/C14H8F20OS/c1-2-36-4(35)3-6(17,18)8(21,22)10(25,26)12(29,30)14(33,34)13(31,32)11(27,28)9(23,24)7(19,20)5(15)16/h5H,2-3H2,1H3. The van der Waals surface area contributed by atoms with Gasteiger partial charge in [0.2, 0.25) is 0 Å². The molecule has 0 atom stereocenters. The molecular weight excluding hydrogens is 596 g/mol. The van der Waals surface area contributed by atoms with E-state index in [1.54, 1.807) is 0 Å². The fraction of sp³-hybridized carbons (Fsp3) is 0.929. The van der Waals surface area contributed by atoms with Crippen molar-refractivity contribution in [3.8, 4) is 0 Å². The maximum Gasteiger partial charge on any atom is 0.385 e. The second kappa shape index (κ2) is 9.42. The largest absolute Gasteiger partial charge is 0.385 e. The van der Waals surface area contributed by atoms with Crippen LogP contribution in [-0.4, -0.2) is 70.6 Å². The Bertz CT molecular complexity index is 802. The minimum atomic E-state index is -9.05. The second-order valence-electron chi connectivity index (χ2n) is 6.63. The van der Waals surface area contributed by atoms with Gasteiger partial charge in [0.1, 0.15) is 0 Å². The molecule has 216 valence electrons. The van der Waals surface area contributed by atoms with Crippen molar-refractivity contribution in [2.75, 3.05) is 5.75 Å². The number of carbonyl (C=O) groups excluding carboxylic acids is 1. The third-order valence-electron chi connectivity index (χ3n) is 4.19. The number of rotatable bonds is 12. The molecular formula is C14H8F20OS. The van der Waals surface area contributed by atoms with E-state index in [0.29, 0.717) is 0 Å². The Morgan fingerprint density at radius 2 is 0.833 bits per heavy atom. The summed E-state index contributed by atoms with van der Waals surface area (Å²) in [5.41, 5.74) is 0. The van der Waals surface area contributed by atoms with Crippen LogP contribution in [0, 0.1) is 0 Å². The first-order valence-corrected chi connectivity index (χ1v) is 9.22. The van der Waals surface area contributed by atoms with Crippen LogP contribution in [-0.2, 0) is 4.79 Å². The van der Waals surface area contributed by atoms with Crippen LogP contribution in [0.1, 0.15) is 13.3 Å². The maximum absolute atomic E-state index is 13.6. The molecule has 36 heavy (non-hydrogen) atoms. The van der Waals surface area contributed by atoms with E-state index < -0.39 is 77.0 Å². The van der Waals surface area contributed by atoms with Crippen molar-refractivity contribution in [1.29, 1.82) is 0 Å². The van der Waals surface area contributed by atoms with Crippen LogP contribution >= 0.6 is 11.8 Å². The summed E-state index contributed by atoms with van der Waals surface area (Å²) in [6, 6.07) is 0. The van der Waals surface area contributed by atoms with Crippen LogP contribution in [0.15, 0.2) is 0 Å². The van der Waals surface area contributed by atoms with Gasteiger partial charge in [-0.1, -0.05) is 18.7 Å². The summed E-state index contributed by atoms with van der Waals surface area (Å²) in [5.74, 6) is -76.0. The first kappa shape index (κ1) is 34.6. The van der Waals surface area contributed by atoms with Crippen LogP contribution in [0.25, 0.3) is 0 Å². The Morgan fingerprint density at radius 3 is 1.11 bits per heavy atom. The zero-order chi connectivity index (χ0) is 29.8. The molecule has 0 rings (SSSR count). The summed E-state index contributed by atoms with van der Waals surface area (Å²) in [6.07, 6.45) is -9.27. The highest BCUT2D eigenvalue weighted by Gasteiger charge is 2.96. The normalized spacial score (nSPS) is 16.1. The number of thioether (sulfide) groups is 1. The number of halogens is 20. The summed E-state index contributed by atoms with van der Waals surface area (Å²) in [4.78, 5) is 11.0. The van der Waals surface area contributed by atoms with Gasteiger partial charge in [-0.3, -0.25) is 4.79 Å². The Labute approximate surface area is 189 Å². The Hall–Kier alpha value is -1.38. The molecule has 0 aromatic rings. The van der Waals surface area contributed by atoms with Crippen molar-refractivity contribution in [3.05, 3.63) is 0 Å². The quantitative estimate of drug-likeness (QED) is 0.213. The van der Waals surface area contributed by atoms with Crippen LogP contribution < -0.4 is 0 Å². The van der Waals surface area contributed by atoms with E-state index in [9.17, 15) is 92.6 Å². The fourth-order valence-corrected chi connectivity index (χ4v) is 2.67. The van der Waals surface area contributed by atoms with Crippen LogP contribution in [0.3, 0.4) is 0 Å². The topological polar surface area (TPSA) is 17.1 Å². The van der Waals surface area contributed by atoms with Crippen LogP contribution in [0.2, 0.25) is 0 Å². The zero-order valence-corrected chi connectivity index (χ0v) is 17.2. The maximum atomic E-state index is 13.6. The van der Waals surface area contributed by atoms with Crippen molar-refractivity contribution < 1.29 is 92.6 Å². The predicted octanol–water partition coefficient (Wildman–Crippen LogP) is 7.64. The third kappa shape index (κ3) is 4.55. The smallest absolute Gasteiger partial charge is 0.287 e. The van der Waals surface area contributed by atoms with Crippen molar-refractivity contribution in [2.24, 2.45) is 0 Å². The molecule has 0 spiro atoms. The van der Waals surface area contributed by atoms with E-state index in [-0.39, 0.29) is 11.8 Å². The van der Waals surface area contributed by atoms with E-state index >= 15 is 0 Å². The van der Waals surface area contributed by atoms with Gasteiger partial charge in [0, 0.05) is 0 Å². The monoisotopic (exact) mass is 604 g/mol. The van der Waals surface area contributed by atoms with Crippen LogP contribution in [0.5, 0.6) is 0 Å². The molecule has 0 N–H and O–H groups in total. The molecule has 0 aliphatic carbocycles. The first-order chi connectivity index (χ1) is 15.4. The molecule has 0 saturated heterocycles. The lowest BCUT2D eigenvalue weighted by Gasteiger charge is -2.44. The van der Waals surface area contributed by atoms with Gasteiger partial charge in [0.05, 0.1) is 6.42 Å². The van der Waals surface area contributed by atoms with E-state index in [0.717, 1.165) is 6.92 Å². The minimum absolute atomic E-state index is 0.355. The molecule has 0 aliphatic heterocycles. The van der Waals surface area contributed by atoms with E-state index in [1.807, 2.05) is 0 Å². The number of carbonyl (C=O) groups is 1. The van der Waals surface area contributed by atoms with Gasteiger partial charge in [0.25, 0.3) is 0 Å². The molecule has 0 aliphatic rings. The Balaban J connectivity index is 6.90. The summed E-state index contributed by atoms with van der Waals surface area (Å²) >= 11 is -0.355. The van der Waals surface area contributed by atoms with Crippen molar-refractivity contribution in [1.82, 2.24) is 0 Å². The van der Waals surface area contributed by atoms with Gasteiger partial charge in [-0.2, -0.15) is 79.0 Å². The molecule has 0 amide bonds. The molecule has 0 aromatic heterocycles. The van der Waals surface area contributed by atoms with Gasteiger partial charge >= 0.3 is 59.7 Å². The third-order valence-corrected chi connectivity index (χ3v) is 4.94.